The van der Waals surface area contributed by atoms with Crippen LogP contribution in [0.3, 0.4) is 0 Å². The average Bonchev–Trinajstić information content (AvgIpc) is 2.77. The number of benzene rings is 1. The van der Waals surface area contributed by atoms with Crippen LogP contribution in [-0.2, 0) is 4.79 Å². The van der Waals surface area contributed by atoms with Crippen LogP contribution in [0.2, 0.25) is 0 Å². The van der Waals surface area contributed by atoms with Crippen LogP contribution in [0.5, 0.6) is 0 Å². The molecule has 2 rings (SSSR count). The molecular weight excluding hydrogens is 270 g/mol. The van der Waals surface area contributed by atoms with Gasteiger partial charge in [-0.15, -0.1) is 11.8 Å². The summed E-state index contributed by atoms with van der Waals surface area (Å²) in [7, 11) is 0. The molecule has 5 heteroatoms. The van der Waals surface area contributed by atoms with Gasteiger partial charge in [0.25, 0.3) is 0 Å². The average molecular weight is 289 g/mol. The highest BCUT2D eigenvalue weighted by molar-refractivity contribution is 7.98. The minimum absolute atomic E-state index is 0.0177. The lowest BCUT2D eigenvalue weighted by Gasteiger charge is -2.13. The van der Waals surface area contributed by atoms with E-state index in [0.717, 1.165) is 27.5 Å². The summed E-state index contributed by atoms with van der Waals surface area (Å²) >= 11 is 1.65. The summed E-state index contributed by atoms with van der Waals surface area (Å²) in [5.74, 6) is -0.248. The number of aromatic amines is 1. The maximum absolute atomic E-state index is 12.4. The van der Waals surface area contributed by atoms with Gasteiger partial charge in [-0.05, 0) is 45.2 Å². The summed E-state index contributed by atoms with van der Waals surface area (Å²) in [5.41, 5.74) is 3.63. The first kappa shape index (κ1) is 14.7. The Morgan fingerprint density at radius 1 is 1.40 bits per heavy atom. The summed E-state index contributed by atoms with van der Waals surface area (Å²) in [5, 5.41) is 10.0. The number of amides is 1. The molecule has 1 amide bonds. The van der Waals surface area contributed by atoms with Crippen LogP contribution in [0.1, 0.15) is 29.8 Å². The second-order valence-corrected chi connectivity index (χ2v) is 5.67. The molecule has 1 atom stereocenters. The van der Waals surface area contributed by atoms with Crippen molar-refractivity contribution in [2.45, 2.75) is 31.6 Å². The number of carbonyl (C=O) groups excluding carboxylic acids is 1. The van der Waals surface area contributed by atoms with Crippen molar-refractivity contribution >= 4 is 23.4 Å². The highest BCUT2D eigenvalue weighted by atomic mass is 32.2. The third-order valence-electron chi connectivity index (χ3n) is 3.35. The van der Waals surface area contributed by atoms with Gasteiger partial charge in [0.15, 0.2) is 0 Å². The molecular formula is C15H19N3OS. The number of H-pyrrole nitrogens is 1. The van der Waals surface area contributed by atoms with Crippen molar-refractivity contribution in [3.63, 3.8) is 0 Å². The lowest BCUT2D eigenvalue weighted by atomic mass is 9.98. The zero-order valence-electron chi connectivity index (χ0n) is 12.2. The van der Waals surface area contributed by atoms with Gasteiger partial charge in [0.05, 0.1) is 11.6 Å². The number of hydrogen-bond acceptors (Lipinski definition) is 3. The minimum Gasteiger partial charge on any atom is -0.326 e. The normalized spacial score (nSPS) is 12.2. The van der Waals surface area contributed by atoms with Crippen molar-refractivity contribution in [1.82, 2.24) is 10.2 Å². The first-order valence-electron chi connectivity index (χ1n) is 6.49. The van der Waals surface area contributed by atoms with Crippen LogP contribution in [0.15, 0.2) is 29.2 Å². The molecule has 0 bridgehead atoms. The zero-order chi connectivity index (χ0) is 14.7. The van der Waals surface area contributed by atoms with Crippen molar-refractivity contribution in [1.29, 1.82) is 0 Å². The summed E-state index contributed by atoms with van der Waals surface area (Å²) in [4.78, 5) is 13.5. The van der Waals surface area contributed by atoms with Crippen LogP contribution in [0.4, 0.5) is 5.69 Å². The summed E-state index contributed by atoms with van der Waals surface area (Å²) in [6.07, 6.45) is 2.02. The Hall–Kier alpha value is -1.75. The number of aromatic nitrogens is 2. The van der Waals surface area contributed by atoms with E-state index in [1.807, 2.05) is 51.3 Å². The van der Waals surface area contributed by atoms with Crippen LogP contribution in [0.25, 0.3) is 0 Å². The van der Waals surface area contributed by atoms with Crippen LogP contribution in [-0.4, -0.2) is 22.4 Å². The van der Waals surface area contributed by atoms with Crippen LogP contribution >= 0.6 is 11.8 Å². The maximum atomic E-state index is 12.4. The largest absolute Gasteiger partial charge is 0.326 e. The molecule has 1 heterocycles. The fraction of sp³-hybridized carbons (Fsp3) is 0.333. The highest BCUT2D eigenvalue weighted by Gasteiger charge is 2.21. The fourth-order valence-corrected chi connectivity index (χ4v) is 2.74. The topological polar surface area (TPSA) is 57.8 Å². The Morgan fingerprint density at radius 3 is 2.75 bits per heavy atom. The first-order chi connectivity index (χ1) is 9.52. The van der Waals surface area contributed by atoms with Crippen molar-refractivity contribution in [3.05, 3.63) is 41.2 Å². The molecule has 1 aromatic carbocycles. The van der Waals surface area contributed by atoms with E-state index < -0.39 is 0 Å². The van der Waals surface area contributed by atoms with Crippen molar-refractivity contribution in [2.75, 3.05) is 11.6 Å². The lowest BCUT2D eigenvalue weighted by Crippen LogP contribution is -2.19. The molecule has 2 N–H and O–H groups in total. The highest BCUT2D eigenvalue weighted by Crippen LogP contribution is 2.24. The van der Waals surface area contributed by atoms with Gasteiger partial charge in [-0.3, -0.25) is 9.89 Å². The number of rotatable bonds is 4. The molecule has 0 aliphatic carbocycles. The van der Waals surface area contributed by atoms with E-state index >= 15 is 0 Å². The van der Waals surface area contributed by atoms with E-state index in [1.54, 1.807) is 11.8 Å². The molecule has 0 radical (unpaired) electrons. The third-order valence-corrected chi connectivity index (χ3v) is 4.07. The lowest BCUT2D eigenvalue weighted by molar-refractivity contribution is -0.117. The smallest absolute Gasteiger partial charge is 0.231 e. The van der Waals surface area contributed by atoms with E-state index in [2.05, 4.69) is 15.5 Å². The molecule has 1 aromatic heterocycles. The maximum Gasteiger partial charge on any atom is 0.231 e. The number of aryl methyl sites for hydroxylation is 2. The van der Waals surface area contributed by atoms with Gasteiger partial charge < -0.3 is 5.32 Å². The molecule has 0 aliphatic rings. The molecule has 0 fully saturated rings. The molecule has 4 nitrogen and oxygen atoms in total. The Bertz CT molecular complexity index is 602. The van der Waals surface area contributed by atoms with Gasteiger partial charge in [-0.1, -0.05) is 6.07 Å². The SMILES string of the molecule is CSc1cccc(NC(=O)[C@H](C)c2c(C)n[nH]c2C)c1. The Morgan fingerprint density at radius 2 is 2.15 bits per heavy atom. The number of nitrogens with zero attached hydrogens (tertiary/aromatic N) is 1. The molecule has 0 spiro atoms. The predicted octanol–water partition coefficient (Wildman–Crippen LogP) is 3.49. The third kappa shape index (κ3) is 3.04. The van der Waals surface area contributed by atoms with Gasteiger partial charge in [0.2, 0.25) is 5.91 Å². The van der Waals surface area contributed by atoms with E-state index in [9.17, 15) is 4.79 Å². The monoisotopic (exact) mass is 289 g/mol. The zero-order valence-corrected chi connectivity index (χ0v) is 13.0. The molecule has 20 heavy (non-hydrogen) atoms. The van der Waals surface area contributed by atoms with Gasteiger partial charge in [0.1, 0.15) is 0 Å². The summed E-state index contributed by atoms with van der Waals surface area (Å²) < 4.78 is 0. The van der Waals surface area contributed by atoms with Gasteiger partial charge in [-0.2, -0.15) is 5.10 Å². The van der Waals surface area contributed by atoms with Crippen molar-refractivity contribution in [3.8, 4) is 0 Å². The number of thioether (sulfide) groups is 1. The predicted molar refractivity (Wildman–Crippen MR) is 83.3 cm³/mol. The second-order valence-electron chi connectivity index (χ2n) is 4.79. The number of carbonyl (C=O) groups is 1. The molecule has 0 saturated carbocycles. The van der Waals surface area contributed by atoms with E-state index in [0.29, 0.717) is 0 Å². The van der Waals surface area contributed by atoms with Crippen LogP contribution in [0, 0.1) is 13.8 Å². The van der Waals surface area contributed by atoms with Gasteiger partial charge in [0, 0.05) is 21.8 Å². The van der Waals surface area contributed by atoms with Gasteiger partial charge in [-0.25, -0.2) is 0 Å². The molecule has 0 aliphatic heterocycles. The molecule has 0 unspecified atom stereocenters. The number of nitrogens with one attached hydrogen (secondary N) is 2. The first-order valence-corrected chi connectivity index (χ1v) is 7.71. The molecule has 2 aromatic rings. The number of hydrogen-bond donors (Lipinski definition) is 2. The second kappa shape index (κ2) is 6.13. The van der Waals surface area contributed by atoms with Gasteiger partial charge >= 0.3 is 0 Å². The summed E-state index contributed by atoms with van der Waals surface area (Å²) in [6, 6.07) is 7.85. The van der Waals surface area contributed by atoms with E-state index in [1.165, 1.54) is 0 Å². The standard InChI is InChI=1S/C15H19N3OS/c1-9(14-10(2)17-18-11(14)3)15(19)16-12-6-5-7-13(8-12)20-4/h5-9H,1-4H3,(H,16,19)(H,17,18)/t9-/m1/s1. The Balaban J connectivity index is 2.15. The Labute approximate surface area is 123 Å². The van der Waals surface area contributed by atoms with E-state index in [4.69, 9.17) is 0 Å². The van der Waals surface area contributed by atoms with Crippen LogP contribution < -0.4 is 5.32 Å². The Kier molecular flexibility index (Phi) is 4.49. The number of anilines is 1. The van der Waals surface area contributed by atoms with Crippen molar-refractivity contribution in [2.24, 2.45) is 0 Å². The fourth-order valence-electron chi connectivity index (χ4n) is 2.28. The van der Waals surface area contributed by atoms with Crippen molar-refractivity contribution < 1.29 is 4.79 Å². The minimum atomic E-state index is -0.230. The van der Waals surface area contributed by atoms with E-state index in [-0.39, 0.29) is 11.8 Å². The summed E-state index contributed by atoms with van der Waals surface area (Å²) in [6.45, 7) is 5.75. The molecule has 0 saturated heterocycles. The quantitative estimate of drug-likeness (QED) is 0.847. The molecule has 106 valence electrons.